The standard InChI is InChI=1S/C15H17Cl2N3/c1-2-18-14-4-3-5-15(20-14)19-9-8-11-6-7-12(16)10-13(11)17/h3-7,10H,2,8-9H2,1H3,(H2,18,19,20). The largest absolute Gasteiger partial charge is 0.370 e. The first kappa shape index (κ1) is 14.9. The van der Waals surface area contributed by atoms with Gasteiger partial charge in [0, 0.05) is 23.1 Å². The van der Waals surface area contributed by atoms with E-state index in [0.717, 1.165) is 36.7 Å². The summed E-state index contributed by atoms with van der Waals surface area (Å²) in [5.41, 5.74) is 1.08. The molecule has 2 aromatic rings. The Balaban J connectivity index is 1.90. The van der Waals surface area contributed by atoms with Gasteiger partial charge in [-0.2, -0.15) is 0 Å². The van der Waals surface area contributed by atoms with E-state index in [1.165, 1.54) is 0 Å². The first-order chi connectivity index (χ1) is 9.69. The normalized spacial score (nSPS) is 10.3. The van der Waals surface area contributed by atoms with Crippen LogP contribution in [-0.2, 0) is 6.42 Å². The van der Waals surface area contributed by atoms with Crippen molar-refractivity contribution >= 4 is 34.8 Å². The summed E-state index contributed by atoms with van der Waals surface area (Å²) >= 11 is 12.0. The molecule has 1 aromatic carbocycles. The molecule has 0 fully saturated rings. The summed E-state index contributed by atoms with van der Waals surface area (Å²) in [6.07, 6.45) is 0.823. The molecule has 0 atom stereocenters. The van der Waals surface area contributed by atoms with E-state index < -0.39 is 0 Å². The van der Waals surface area contributed by atoms with Crippen molar-refractivity contribution in [3.63, 3.8) is 0 Å². The zero-order valence-electron chi connectivity index (χ0n) is 11.3. The quantitative estimate of drug-likeness (QED) is 0.826. The fraction of sp³-hybridized carbons (Fsp3) is 0.267. The highest BCUT2D eigenvalue weighted by atomic mass is 35.5. The highest BCUT2D eigenvalue weighted by Gasteiger charge is 2.02. The smallest absolute Gasteiger partial charge is 0.128 e. The Morgan fingerprint density at radius 2 is 1.80 bits per heavy atom. The van der Waals surface area contributed by atoms with Crippen molar-refractivity contribution in [1.82, 2.24) is 4.98 Å². The molecule has 2 rings (SSSR count). The number of nitrogens with zero attached hydrogens (tertiary/aromatic N) is 1. The van der Waals surface area contributed by atoms with Crippen molar-refractivity contribution in [2.45, 2.75) is 13.3 Å². The second kappa shape index (κ2) is 7.36. The molecule has 0 saturated carbocycles. The lowest BCUT2D eigenvalue weighted by atomic mass is 10.1. The van der Waals surface area contributed by atoms with Crippen LogP contribution < -0.4 is 10.6 Å². The number of hydrogen-bond acceptors (Lipinski definition) is 3. The molecule has 0 saturated heterocycles. The van der Waals surface area contributed by atoms with Gasteiger partial charge in [0.1, 0.15) is 11.6 Å². The Morgan fingerprint density at radius 3 is 2.50 bits per heavy atom. The Labute approximate surface area is 129 Å². The zero-order valence-corrected chi connectivity index (χ0v) is 12.8. The molecule has 1 heterocycles. The van der Waals surface area contributed by atoms with Gasteiger partial charge >= 0.3 is 0 Å². The summed E-state index contributed by atoms with van der Waals surface area (Å²) in [4.78, 5) is 4.45. The molecule has 106 valence electrons. The van der Waals surface area contributed by atoms with E-state index in [1.807, 2.05) is 37.3 Å². The molecule has 0 radical (unpaired) electrons. The summed E-state index contributed by atoms with van der Waals surface area (Å²) in [5, 5.41) is 7.84. The number of halogens is 2. The molecule has 0 amide bonds. The van der Waals surface area contributed by atoms with Crippen molar-refractivity contribution in [1.29, 1.82) is 0 Å². The van der Waals surface area contributed by atoms with E-state index in [1.54, 1.807) is 6.07 Å². The highest BCUT2D eigenvalue weighted by molar-refractivity contribution is 6.35. The zero-order chi connectivity index (χ0) is 14.4. The van der Waals surface area contributed by atoms with Crippen LogP contribution in [0.3, 0.4) is 0 Å². The monoisotopic (exact) mass is 309 g/mol. The fourth-order valence-corrected chi connectivity index (χ4v) is 2.37. The van der Waals surface area contributed by atoms with Crippen molar-refractivity contribution < 1.29 is 0 Å². The molecular formula is C15H17Cl2N3. The average Bonchev–Trinajstić information content (AvgIpc) is 2.42. The van der Waals surface area contributed by atoms with Crippen LogP contribution >= 0.6 is 23.2 Å². The predicted molar refractivity (Wildman–Crippen MR) is 87.1 cm³/mol. The maximum absolute atomic E-state index is 6.14. The Kier molecular flexibility index (Phi) is 5.50. The number of anilines is 2. The predicted octanol–water partition coefficient (Wildman–Crippen LogP) is 4.47. The first-order valence-corrected chi connectivity index (χ1v) is 7.33. The van der Waals surface area contributed by atoms with Crippen LogP contribution in [0, 0.1) is 0 Å². The number of hydrogen-bond donors (Lipinski definition) is 2. The van der Waals surface area contributed by atoms with E-state index in [2.05, 4.69) is 15.6 Å². The summed E-state index contributed by atoms with van der Waals surface area (Å²) in [6, 6.07) is 11.4. The third kappa shape index (κ3) is 4.29. The van der Waals surface area contributed by atoms with E-state index in [0.29, 0.717) is 10.0 Å². The maximum atomic E-state index is 6.14. The fourth-order valence-electron chi connectivity index (χ4n) is 1.86. The van der Waals surface area contributed by atoms with Crippen molar-refractivity contribution in [2.24, 2.45) is 0 Å². The maximum Gasteiger partial charge on any atom is 0.128 e. The minimum absolute atomic E-state index is 0.659. The molecule has 0 spiro atoms. The average molecular weight is 310 g/mol. The molecule has 0 aliphatic carbocycles. The third-order valence-electron chi connectivity index (χ3n) is 2.82. The van der Waals surface area contributed by atoms with Gasteiger partial charge in [-0.05, 0) is 43.2 Å². The lowest BCUT2D eigenvalue weighted by molar-refractivity contribution is 1.01. The number of pyridine rings is 1. The molecule has 3 nitrogen and oxygen atoms in total. The lowest BCUT2D eigenvalue weighted by Gasteiger charge is -2.09. The minimum atomic E-state index is 0.659. The van der Waals surface area contributed by atoms with Gasteiger partial charge in [-0.3, -0.25) is 0 Å². The van der Waals surface area contributed by atoms with E-state index in [4.69, 9.17) is 23.2 Å². The topological polar surface area (TPSA) is 37.0 Å². The van der Waals surface area contributed by atoms with Crippen LogP contribution in [0.2, 0.25) is 10.0 Å². The van der Waals surface area contributed by atoms with Crippen molar-refractivity contribution in [3.05, 3.63) is 52.0 Å². The van der Waals surface area contributed by atoms with Gasteiger partial charge in [0.2, 0.25) is 0 Å². The van der Waals surface area contributed by atoms with Gasteiger partial charge in [-0.25, -0.2) is 4.98 Å². The molecule has 0 aliphatic heterocycles. The van der Waals surface area contributed by atoms with E-state index >= 15 is 0 Å². The minimum Gasteiger partial charge on any atom is -0.370 e. The van der Waals surface area contributed by atoms with Crippen LogP contribution in [0.4, 0.5) is 11.6 Å². The highest BCUT2D eigenvalue weighted by Crippen LogP contribution is 2.21. The van der Waals surface area contributed by atoms with Crippen molar-refractivity contribution in [3.8, 4) is 0 Å². The van der Waals surface area contributed by atoms with E-state index in [-0.39, 0.29) is 0 Å². The van der Waals surface area contributed by atoms with Crippen LogP contribution in [-0.4, -0.2) is 18.1 Å². The van der Waals surface area contributed by atoms with Crippen LogP contribution in [0.5, 0.6) is 0 Å². The van der Waals surface area contributed by atoms with Gasteiger partial charge in [-0.1, -0.05) is 35.3 Å². The first-order valence-electron chi connectivity index (χ1n) is 6.57. The number of rotatable bonds is 6. The van der Waals surface area contributed by atoms with Gasteiger partial charge in [0.15, 0.2) is 0 Å². The number of benzene rings is 1. The number of nitrogens with one attached hydrogen (secondary N) is 2. The lowest BCUT2D eigenvalue weighted by Crippen LogP contribution is -2.08. The number of aromatic nitrogens is 1. The molecule has 5 heteroatoms. The Morgan fingerprint density at radius 1 is 1.05 bits per heavy atom. The molecule has 1 aromatic heterocycles. The molecular weight excluding hydrogens is 293 g/mol. The third-order valence-corrected chi connectivity index (χ3v) is 3.41. The molecule has 0 bridgehead atoms. The van der Waals surface area contributed by atoms with Crippen molar-refractivity contribution in [2.75, 3.05) is 23.7 Å². The summed E-state index contributed by atoms with van der Waals surface area (Å²) in [7, 11) is 0. The summed E-state index contributed by atoms with van der Waals surface area (Å²) in [5.74, 6) is 1.73. The SMILES string of the molecule is CCNc1cccc(NCCc2ccc(Cl)cc2Cl)n1. The van der Waals surface area contributed by atoms with Gasteiger partial charge in [-0.15, -0.1) is 0 Å². The van der Waals surface area contributed by atoms with Gasteiger partial charge < -0.3 is 10.6 Å². The molecule has 20 heavy (non-hydrogen) atoms. The second-order valence-electron chi connectivity index (χ2n) is 4.35. The van der Waals surface area contributed by atoms with Gasteiger partial charge in [0.25, 0.3) is 0 Å². The van der Waals surface area contributed by atoms with Crippen LogP contribution in [0.1, 0.15) is 12.5 Å². The van der Waals surface area contributed by atoms with E-state index in [9.17, 15) is 0 Å². The molecule has 0 aliphatic rings. The molecule has 0 unspecified atom stereocenters. The van der Waals surface area contributed by atoms with Crippen LogP contribution in [0.15, 0.2) is 36.4 Å². The second-order valence-corrected chi connectivity index (χ2v) is 5.19. The Bertz CT molecular complexity index is 573. The Hall–Kier alpha value is -1.45. The van der Waals surface area contributed by atoms with Crippen LogP contribution in [0.25, 0.3) is 0 Å². The van der Waals surface area contributed by atoms with Gasteiger partial charge in [0.05, 0.1) is 0 Å². The summed E-state index contributed by atoms with van der Waals surface area (Å²) in [6.45, 7) is 3.67. The molecule has 2 N–H and O–H groups in total. The summed E-state index contributed by atoms with van der Waals surface area (Å²) < 4.78 is 0.